The van der Waals surface area contributed by atoms with Crippen LogP contribution in [-0.2, 0) is 0 Å². The molecule has 2 aromatic rings. The Hall–Kier alpha value is -2.21. The van der Waals surface area contributed by atoms with E-state index in [0.29, 0.717) is 11.3 Å². The van der Waals surface area contributed by atoms with Gasteiger partial charge in [0.2, 0.25) is 0 Å². The molecule has 0 unspecified atom stereocenters. The average Bonchev–Trinajstić information content (AvgIpc) is 2.45. The molecule has 0 fully saturated rings. The zero-order valence-electron chi connectivity index (χ0n) is 10.3. The highest BCUT2D eigenvalue weighted by Crippen LogP contribution is 2.18. The van der Waals surface area contributed by atoms with E-state index in [0.717, 1.165) is 4.47 Å². The maximum atomic E-state index is 11.9. The number of nitrogens with zero attached hydrogens (tertiary/aromatic N) is 1. The highest BCUT2D eigenvalue weighted by Gasteiger charge is 2.08. The summed E-state index contributed by atoms with van der Waals surface area (Å²) in [6, 6.07) is 12.6. The molecule has 0 saturated heterocycles. The zero-order chi connectivity index (χ0) is 14.5. The number of ether oxygens (including phenoxy) is 1. The Bertz CT molecular complexity index is 640. The van der Waals surface area contributed by atoms with Crippen molar-refractivity contribution in [2.75, 3.05) is 6.61 Å². The second-order valence-electron chi connectivity index (χ2n) is 3.97. The van der Waals surface area contributed by atoms with E-state index in [9.17, 15) is 14.9 Å². The van der Waals surface area contributed by atoms with E-state index in [1.807, 2.05) is 6.07 Å². The lowest BCUT2D eigenvalue weighted by Crippen LogP contribution is -2.11. The molecule has 0 atom stereocenters. The number of non-ortho nitro benzene ring substituents is 1. The molecule has 0 bridgehead atoms. The summed E-state index contributed by atoms with van der Waals surface area (Å²) < 4.78 is 6.13. The van der Waals surface area contributed by atoms with Gasteiger partial charge in [0.05, 0.1) is 4.92 Å². The normalized spacial score (nSPS) is 10.1. The van der Waals surface area contributed by atoms with E-state index in [2.05, 4.69) is 15.9 Å². The lowest BCUT2D eigenvalue weighted by Gasteiger charge is -2.05. The van der Waals surface area contributed by atoms with Crippen LogP contribution in [-0.4, -0.2) is 17.3 Å². The Morgan fingerprint density at radius 2 is 1.90 bits per heavy atom. The Labute approximate surface area is 123 Å². The van der Waals surface area contributed by atoms with Crippen molar-refractivity contribution in [1.29, 1.82) is 0 Å². The van der Waals surface area contributed by atoms with Crippen molar-refractivity contribution in [1.82, 2.24) is 0 Å². The highest BCUT2D eigenvalue weighted by atomic mass is 79.9. The third-order valence-electron chi connectivity index (χ3n) is 2.56. The first-order chi connectivity index (χ1) is 9.56. The van der Waals surface area contributed by atoms with Crippen molar-refractivity contribution >= 4 is 27.4 Å². The van der Waals surface area contributed by atoms with Crippen molar-refractivity contribution in [3.05, 3.63) is 68.7 Å². The van der Waals surface area contributed by atoms with E-state index >= 15 is 0 Å². The number of carbonyl (C=O) groups excluding carboxylic acids is 1. The van der Waals surface area contributed by atoms with Gasteiger partial charge < -0.3 is 4.74 Å². The smallest absolute Gasteiger partial charge is 0.269 e. The minimum atomic E-state index is -0.490. The van der Waals surface area contributed by atoms with Gasteiger partial charge in [-0.2, -0.15) is 0 Å². The number of carbonyl (C=O) groups is 1. The summed E-state index contributed by atoms with van der Waals surface area (Å²) in [6.45, 7) is -0.117. The average molecular weight is 336 g/mol. The van der Waals surface area contributed by atoms with Crippen molar-refractivity contribution in [2.24, 2.45) is 0 Å². The summed E-state index contributed by atoms with van der Waals surface area (Å²) in [5, 5.41) is 10.5. The van der Waals surface area contributed by atoms with Gasteiger partial charge in [-0.15, -0.1) is 0 Å². The molecule has 2 rings (SSSR count). The van der Waals surface area contributed by atoms with Crippen LogP contribution < -0.4 is 4.74 Å². The molecule has 2 aromatic carbocycles. The van der Waals surface area contributed by atoms with Crippen LogP contribution in [0.15, 0.2) is 53.0 Å². The molecular weight excluding hydrogens is 326 g/mol. The molecule has 6 heteroatoms. The van der Waals surface area contributed by atoms with Crippen LogP contribution in [0, 0.1) is 10.1 Å². The van der Waals surface area contributed by atoms with Gasteiger partial charge >= 0.3 is 0 Å². The molecule has 0 spiro atoms. The summed E-state index contributed by atoms with van der Waals surface area (Å²) >= 11 is 3.29. The van der Waals surface area contributed by atoms with Crippen molar-refractivity contribution < 1.29 is 14.5 Å². The Morgan fingerprint density at radius 1 is 1.20 bits per heavy atom. The number of hydrogen-bond acceptors (Lipinski definition) is 4. The zero-order valence-corrected chi connectivity index (χ0v) is 11.9. The molecule has 0 aromatic heterocycles. The number of hydrogen-bond donors (Lipinski definition) is 0. The number of benzene rings is 2. The summed E-state index contributed by atoms with van der Waals surface area (Å²) in [5.74, 6) is 0.253. The third kappa shape index (κ3) is 3.64. The van der Waals surface area contributed by atoms with E-state index < -0.39 is 4.92 Å². The van der Waals surface area contributed by atoms with Gasteiger partial charge in [0.25, 0.3) is 5.69 Å². The minimum Gasteiger partial charge on any atom is -0.485 e. The second-order valence-corrected chi connectivity index (χ2v) is 4.89. The van der Waals surface area contributed by atoms with Gasteiger partial charge in [0, 0.05) is 22.2 Å². The first-order valence-corrected chi connectivity index (χ1v) is 6.51. The van der Waals surface area contributed by atoms with Crippen molar-refractivity contribution in [2.45, 2.75) is 0 Å². The van der Waals surface area contributed by atoms with Crippen LogP contribution in [0.25, 0.3) is 0 Å². The molecule has 0 N–H and O–H groups in total. The number of rotatable bonds is 5. The molecule has 0 heterocycles. The maximum Gasteiger partial charge on any atom is 0.269 e. The van der Waals surface area contributed by atoms with Gasteiger partial charge in [-0.25, -0.2) is 0 Å². The van der Waals surface area contributed by atoms with Crippen LogP contribution in [0.5, 0.6) is 5.75 Å². The summed E-state index contributed by atoms with van der Waals surface area (Å²) in [4.78, 5) is 21.9. The summed E-state index contributed by atoms with van der Waals surface area (Å²) in [5.41, 5.74) is 0.525. The van der Waals surface area contributed by atoms with Gasteiger partial charge in [-0.3, -0.25) is 14.9 Å². The van der Waals surface area contributed by atoms with E-state index in [1.165, 1.54) is 24.3 Å². The molecule has 20 heavy (non-hydrogen) atoms. The van der Waals surface area contributed by atoms with Crippen LogP contribution in [0.3, 0.4) is 0 Å². The molecule has 0 amide bonds. The van der Waals surface area contributed by atoms with Crippen molar-refractivity contribution in [3.8, 4) is 5.75 Å². The second kappa shape index (κ2) is 6.29. The van der Waals surface area contributed by atoms with Crippen LogP contribution >= 0.6 is 15.9 Å². The number of halogens is 1. The molecule has 102 valence electrons. The molecule has 0 saturated carbocycles. The van der Waals surface area contributed by atoms with Crippen LogP contribution in [0.4, 0.5) is 5.69 Å². The van der Waals surface area contributed by atoms with Crippen molar-refractivity contribution in [3.63, 3.8) is 0 Å². The van der Waals surface area contributed by atoms with Gasteiger partial charge in [-0.1, -0.05) is 28.1 Å². The first kappa shape index (κ1) is 14.2. The Kier molecular flexibility index (Phi) is 4.47. The highest BCUT2D eigenvalue weighted by molar-refractivity contribution is 9.10. The number of nitro benzene ring substituents is 1. The first-order valence-electron chi connectivity index (χ1n) is 5.72. The van der Waals surface area contributed by atoms with E-state index in [4.69, 9.17) is 4.74 Å². The van der Waals surface area contributed by atoms with Gasteiger partial charge in [0.1, 0.15) is 5.75 Å². The van der Waals surface area contributed by atoms with E-state index in [-0.39, 0.29) is 18.1 Å². The van der Waals surface area contributed by atoms with E-state index in [1.54, 1.807) is 18.2 Å². The van der Waals surface area contributed by atoms with Gasteiger partial charge in [0.15, 0.2) is 12.4 Å². The number of Topliss-reactive ketones (excluding diaryl/α,β-unsaturated/α-hetero) is 1. The standard InChI is InChI=1S/C14H10BrNO4/c15-11-3-1-2-10(8-11)14(17)9-20-13-6-4-12(5-7-13)16(18)19/h1-8H,9H2. The number of nitro groups is 1. The minimum absolute atomic E-state index is 0.0179. The fourth-order valence-corrected chi connectivity index (χ4v) is 1.96. The fraction of sp³-hybridized carbons (Fsp3) is 0.0714. The quantitative estimate of drug-likeness (QED) is 0.475. The molecule has 5 nitrogen and oxygen atoms in total. The molecular formula is C14H10BrNO4. The fourth-order valence-electron chi connectivity index (χ4n) is 1.56. The maximum absolute atomic E-state index is 11.9. The predicted molar refractivity (Wildman–Crippen MR) is 77.1 cm³/mol. The molecule has 0 aliphatic rings. The monoisotopic (exact) mass is 335 g/mol. The Balaban J connectivity index is 1.98. The summed E-state index contributed by atoms with van der Waals surface area (Å²) in [7, 11) is 0. The van der Waals surface area contributed by atoms with Crippen LogP contribution in [0.2, 0.25) is 0 Å². The number of ketones is 1. The van der Waals surface area contributed by atoms with Gasteiger partial charge in [-0.05, 0) is 24.3 Å². The topological polar surface area (TPSA) is 69.4 Å². The lowest BCUT2D eigenvalue weighted by atomic mass is 10.1. The largest absolute Gasteiger partial charge is 0.485 e. The third-order valence-corrected chi connectivity index (χ3v) is 3.06. The molecule has 0 aliphatic carbocycles. The molecule has 0 radical (unpaired) electrons. The Morgan fingerprint density at radius 3 is 2.50 bits per heavy atom. The lowest BCUT2D eigenvalue weighted by molar-refractivity contribution is -0.384. The summed E-state index contributed by atoms with van der Waals surface area (Å²) in [6.07, 6.45) is 0. The van der Waals surface area contributed by atoms with Crippen LogP contribution in [0.1, 0.15) is 10.4 Å². The predicted octanol–water partition coefficient (Wildman–Crippen LogP) is 3.62. The SMILES string of the molecule is O=C(COc1ccc([N+](=O)[O-])cc1)c1cccc(Br)c1. The molecule has 0 aliphatic heterocycles.